The van der Waals surface area contributed by atoms with E-state index >= 15 is 0 Å². The van der Waals surface area contributed by atoms with Crippen molar-refractivity contribution in [3.8, 4) is 17.2 Å². The van der Waals surface area contributed by atoms with Crippen LogP contribution in [0.3, 0.4) is 0 Å². The van der Waals surface area contributed by atoms with Crippen LogP contribution in [0.1, 0.15) is 11.1 Å². The summed E-state index contributed by atoms with van der Waals surface area (Å²) < 4.78 is 16.7. The minimum atomic E-state index is 0.557. The Labute approximate surface area is 177 Å². The van der Waals surface area contributed by atoms with E-state index in [-0.39, 0.29) is 0 Å². The van der Waals surface area contributed by atoms with Gasteiger partial charge in [-0.05, 0) is 12.5 Å². The third kappa shape index (κ3) is 3.85. The Bertz CT molecular complexity index is 1020. The summed E-state index contributed by atoms with van der Waals surface area (Å²) in [6.07, 6.45) is 1.60. The van der Waals surface area contributed by atoms with Crippen molar-refractivity contribution in [3.05, 3.63) is 47.8 Å². The molecule has 0 atom stereocenters. The first-order valence-electron chi connectivity index (χ1n) is 10.1. The second kappa shape index (κ2) is 8.75. The van der Waals surface area contributed by atoms with Crippen molar-refractivity contribution < 1.29 is 14.2 Å². The number of anilines is 1. The molecule has 0 aliphatic carbocycles. The van der Waals surface area contributed by atoms with Gasteiger partial charge in [0.2, 0.25) is 5.75 Å². The minimum Gasteiger partial charge on any atom is -0.493 e. The lowest BCUT2D eigenvalue weighted by atomic mass is 10.1. The zero-order chi connectivity index (χ0) is 21.1. The maximum absolute atomic E-state index is 5.71. The molecular formula is C23H28N4O3. The van der Waals surface area contributed by atoms with Crippen LogP contribution in [0, 0.1) is 6.92 Å². The topological polar surface area (TPSA) is 60.0 Å². The molecule has 7 nitrogen and oxygen atoms in total. The predicted molar refractivity (Wildman–Crippen MR) is 118 cm³/mol. The van der Waals surface area contributed by atoms with Crippen molar-refractivity contribution in [2.75, 3.05) is 52.4 Å². The zero-order valence-corrected chi connectivity index (χ0v) is 18.0. The largest absolute Gasteiger partial charge is 0.493 e. The van der Waals surface area contributed by atoms with E-state index in [0.29, 0.717) is 17.2 Å². The molecule has 0 N–H and O–H groups in total. The van der Waals surface area contributed by atoms with E-state index in [1.165, 1.54) is 11.1 Å². The molecule has 158 valence electrons. The summed E-state index contributed by atoms with van der Waals surface area (Å²) in [6, 6.07) is 10.6. The fourth-order valence-electron chi connectivity index (χ4n) is 3.98. The number of benzene rings is 2. The number of aromatic nitrogens is 2. The van der Waals surface area contributed by atoms with E-state index in [1.54, 1.807) is 27.7 Å². The van der Waals surface area contributed by atoms with Gasteiger partial charge in [0.1, 0.15) is 12.1 Å². The van der Waals surface area contributed by atoms with Gasteiger partial charge in [-0.2, -0.15) is 0 Å². The first-order valence-corrected chi connectivity index (χ1v) is 10.1. The summed E-state index contributed by atoms with van der Waals surface area (Å²) in [5.74, 6) is 2.62. The van der Waals surface area contributed by atoms with Gasteiger partial charge in [0, 0.05) is 38.8 Å². The van der Waals surface area contributed by atoms with Crippen LogP contribution in [0.5, 0.6) is 17.2 Å². The second-order valence-corrected chi connectivity index (χ2v) is 7.49. The molecule has 3 aromatic rings. The number of methoxy groups -OCH3 is 3. The van der Waals surface area contributed by atoms with Gasteiger partial charge in [-0.25, -0.2) is 9.97 Å². The van der Waals surface area contributed by atoms with Crippen LogP contribution in [-0.2, 0) is 6.54 Å². The lowest BCUT2D eigenvalue weighted by Crippen LogP contribution is -2.46. The highest BCUT2D eigenvalue weighted by molar-refractivity contribution is 5.98. The maximum Gasteiger partial charge on any atom is 0.204 e. The van der Waals surface area contributed by atoms with Crippen LogP contribution < -0.4 is 19.1 Å². The summed E-state index contributed by atoms with van der Waals surface area (Å²) in [5.41, 5.74) is 3.41. The minimum absolute atomic E-state index is 0.557. The van der Waals surface area contributed by atoms with Crippen molar-refractivity contribution in [1.29, 1.82) is 0 Å². The fraction of sp³-hybridized carbons (Fsp3) is 0.391. The molecule has 1 fully saturated rings. The molecule has 2 heterocycles. The van der Waals surface area contributed by atoms with Gasteiger partial charge in [-0.1, -0.05) is 29.8 Å². The number of ether oxygens (including phenoxy) is 3. The van der Waals surface area contributed by atoms with Gasteiger partial charge < -0.3 is 19.1 Å². The summed E-state index contributed by atoms with van der Waals surface area (Å²) in [7, 11) is 4.85. The average Bonchev–Trinajstić information content (AvgIpc) is 2.79. The van der Waals surface area contributed by atoms with E-state index in [9.17, 15) is 0 Å². The molecule has 30 heavy (non-hydrogen) atoms. The summed E-state index contributed by atoms with van der Waals surface area (Å²) in [6.45, 7) is 6.79. The van der Waals surface area contributed by atoms with Crippen molar-refractivity contribution in [1.82, 2.24) is 14.9 Å². The van der Waals surface area contributed by atoms with Crippen LogP contribution >= 0.6 is 0 Å². The molecule has 0 amide bonds. The molecule has 2 aromatic carbocycles. The van der Waals surface area contributed by atoms with E-state index in [4.69, 9.17) is 14.2 Å². The standard InChI is InChI=1S/C23H28N4O3/c1-16-5-7-17(8-6-16)14-26-9-11-27(12-10-26)23-20-18(24-15-25-23)13-19(28-2)21(29-3)22(20)30-4/h5-8,13,15H,9-12,14H2,1-4H3. The fourth-order valence-corrected chi connectivity index (χ4v) is 3.98. The molecule has 0 unspecified atom stereocenters. The smallest absolute Gasteiger partial charge is 0.204 e. The van der Waals surface area contributed by atoms with Crippen LogP contribution in [0.2, 0.25) is 0 Å². The Morgan fingerprint density at radius 3 is 2.20 bits per heavy atom. The summed E-state index contributed by atoms with van der Waals surface area (Å²) >= 11 is 0. The highest BCUT2D eigenvalue weighted by Crippen LogP contribution is 2.45. The highest BCUT2D eigenvalue weighted by Gasteiger charge is 2.25. The van der Waals surface area contributed by atoms with Crippen molar-refractivity contribution in [2.24, 2.45) is 0 Å². The average molecular weight is 409 g/mol. The van der Waals surface area contributed by atoms with Crippen molar-refractivity contribution in [3.63, 3.8) is 0 Å². The molecule has 0 radical (unpaired) electrons. The van der Waals surface area contributed by atoms with Crippen molar-refractivity contribution in [2.45, 2.75) is 13.5 Å². The normalized spacial score (nSPS) is 14.7. The lowest BCUT2D eigenvalue weighted by molar-refractivity contribution is 0.249. The third-order valence-electron chi connectivity index (χ3n) is 5.61. The Morgan fingerprint density at radius 1 is 0.867 bits per heavy atom. The third-order valence-corrected chi connectivity index (χ3v) is 5.61. The SMILES string of the molecule is COc1cc2ncnc(N3CCN(Cc4ccc(C)cc4)CC3)c2c(OC)c1OC. The van der Waals surface area contributed by atoms with Gasteiger partial charge in [0.15, 0.2) is 11.5 Å². The van der Waals surface area contributed by atoms with E-state index < -0.39 is 0 Å². The molecule has 4 rings (SSSR count). The van der Waals surface area contributed by atoms with Gasteiger partial charge in [0.05, 0.1) is 32.2 Å². The van der Waals surface area contributed by atoms with E-state index in [2.05, 4.69) is 51.0 Å². The molecular weight excluding hydrogens is 380 g/mol. The Morgan fingerprint density at radius 2 is 1.57 bits per heavy atom. The highest BCUT2D eigenvalue weighted by atomic mass is 16.5. The molecule has 7 heteroatoms. The number of hydrogen-bond acceptors (Lipinski definition) is 7. The van der Waals surface area contributed by atoms with Gasteiger partial charge in [-0.3, -0.25) is 4.90 Å². The summed E-state index contributed by atoms with van der Waals surface area (Å²) in [4.78, 5) is 13.8. The van der Waals surface area contributed by atoms with Gasteiger partial charge in [0.25, 0.3) is 0 Å². The number of aryl methyl sites for hydroxylation is 1. The predicted octanol–water partition coefficient (Wildman–Crippen LogP) is 3.29. The first kappa shape index (κ1) is 20.2. The summed E-state index contributed by atoms with van der Waals surface area (Å²) in [5, 5.41) is 0.852. The molecule has 1 saturated heterocycles. The maximum atomic E-state index is 5.71. The first-order chi connectivity index (χ1) is 14.6. The molecule has 1 aliphatic heterocycles. The van der Waals surface area contributed by atoms with Gasteiger partial charge in [-0.15, -0.1) is 0 Å². The quantitative estimate of drug-likeness (QED) is 0.620. The van der Waals surface area contributed by atoms with E-state index in [0.717, 1.165) is 49.4 Å². The zero-order valence-electron chi connectivity index (χ0n) is 18.0. The molecule has 0 bridgehead atoms. The number of piperazine rings is 1. The number of fused-ring (bicyclic) bond motifs is 1. The van der Waals surface area contributed by atoms with E-state index in [1.807, 2.05) is 6.07 Å². The second-order valence-electron chi connectivity index (χ2n) is 7.49. The number of nitrogens with zero attached hydrogens (tertiary/aromatic N) is 4. The molecule has 1 aliphatic rings. The monoisotopic (exact) mass is 408 g/mol. The Balaban J connectivity index is 1.59. The lowest BCUT2D eigenvalue weighted by Gasteiger charge is -2.36. The van der Waals surface area contributed by atoms with Crippen LogP contribution in [0.4, 0.5) is 5.82 Å². The molecule has 1 aromatic heterocycles. The van der Waals surface area contributed by atoms with Gasteiger partial charge >= 0.3 is 0 Å². The Kier molecular flexibility index (Phi) is 5.90. The van der Waals surface area contributed by atoms with Crippen molar-refractivity contribution >= 4 is 16.7 Å². The molecule has 0 saturated carbocycles. The van der Waals surface area contributed by atoms with Crippen LogP contribution in [0.15, 0.2) is 36.7 Å². The molecule has 0 spiro atoms. The Hall–Kier alpha value is -3.06. The number of rotatable bonds is 6. The number of hydrogen-bond donors (Lipinski definition) is 0. The van der Waals surface area contributed by atoms with Crippen LogP contribution in [-0.4, -0.2) is 62.4 Å². The van der Waals surface area contributed by atoms with Crippen LogP contribution in [0.25, 0.3) is 10.9 Å².